The van der Waals surface area contributed by atoms with E-state index < -0.39 is 17.9 Å². The number of halogens is 4. The van der Waals surface area contributed by atoms with Crippen LogP contribution in [0.1, 0.15) is 17.6 Å². The van der Waals surface area contributed by atoms with E-state index in [2.05, 4.69) is 4.98 Å². The van der Waals surface area contributed by atoms with Crippen LogP contribution in [0.2, 0.25) is 0 Å². The van der Waals surface area contributed by atoms with Crippen molar-refractivity contribution in [3.05, 3.63) is 23.1 Å². The first-order valence-corrected chi connectivity index (χ1v) is 3.88. The molecule has 2 nitrogen and oxygen atoms in total. The van der Waals surface area contributed by atoms with Gasteiger partial charge in [-0.05, 0) is 6.07 Å². The summed E-state index contributed by atoms with van der Waals surface area (Å²) in [5.41, 5.74) is 4.29. The number of pyridine rings is 1. The maximum Gasteiger partial charge on any atom is 0.264 e. The second kappa shape index (κ2) is 3.83. The van der Waals surface area contributed by atoms with Crippen molar-refractivity contribution < 1.29 is 13.2 Å². The summed E-state index contributed by atoms with van der Waals surface area (Å²) in [6, 6.07) is 0.922. The van der Waals surface area contributed by atoms with Crippen molar-refractivity contribution in [3.63, 3.8) is 0 Å². The molecule has 1 rings (SSSR count). The maximum atomic E-state index is 12.9. The largest absolute Gasteiger partial charge is 0.384 e. The number of aromatic nitrogens is 1. The number of nitrogen functional groups attached to an aromatic ring is 1. The predicted octanol–water partition coefficient (Wildman–Crippen LogP) is 2.48. The predicted molar refractivity (Wildman–Crippen MR) is 43.1 cm³/mol. The molecule has 6 heteroatoms. The van der Waals surface area contributed by atoms with Crippen LogP contribution in [0.15, 0.2) is 6.07 Å². The molecule has 0 spiro atoms. The van der Waals surface area contributed by atoms with Gasteiger partial charge < -0.3 is 5.73 Å². The maximum absolute atomic E-state index is 12.9. The molecule has 0 aliphatic rings. The Kier molecular flexibility index (Phi) is 2.98. The SMILES string of the molecule is Nc1cc(C(F)F)c(CCl)c(F)n1. The normalized spacial score (nSPS) is 10.8. The molecular weight excluding hydrogens is 205 g/mol. The van der Waals surface area contributed by atoms with E-state index in [1.807, 2.05) is 0 Å². The fourth-order valence-corrected chi connectivity index (χ4v) is 1.17. The monoisotopic (exact) mass is 210 g/mol. The van der Waals surface area contributed by atoms with Gasteiger partial charge in [0.2, 0.25) is 5.95 Å². The first-order chi connectivity index (χ1) is 6.06. The van der Waals surface area contributed by atoms with Crippen molar-refractivity contribution in [2.75, 3.05) is 5.73 Å². The van der Waals surface area contributed by atoms with E-state index >= 15 is 0 Å². The van der Waals surface area contributed by atoms with Crippen LogP contribution in [0.4, 0.5) is 19.0 Å². The molecule has 72 valence electrons. The summed E-state index contributed by atoms with van der Waals surface area (Å²) in [6.07, 6.45) is -2.80. The van der Waals surface area contributed by atoms with Gasteiger partial charge in [-0.25, -0.2) is 13.8 Å². The van der Waals surface area contributed by atoms with Crippen molar-refractivity contribution in [1.82, 2.24) is 4.98 Å². The van der Waals surface area contributed by atoms with Crippen LogP contribution < -0.4 is 5.73 Å². The fourth-order valence-electron chi connectivity index (χ4n) is 0.906. The third-order valence-corrected chi connectivity index (χ3v) is 1.76. The highest BCUT2D eigenvalue weighted by Crippen LogP contribution is 2.26. The standard InChI is InChI=1S/C7H6ClF3N2/c8-2-4-3(6(9)10)1-5(12)13-7(4)11/h1,6H,2H2,(H2,12,13). The fraction of sp³-hybridized carbons (Fsp3) is 0.286. The number of alkyl halides is 3. The lowest BCUT2D eigenvalue weighted by atomic mass is 10.1. The molecule has 0 fully saturated rings. The number of nitrogens with zero attached hydrogens (tertiary/aromatic N) is 1. The van der Waals surface area contributed by atoms with Crippen LogP contribution in [0, 0.1) is 5.95 Å². The van der Waals surface area contributed by atoms with E-state index in [9.17, 15) is 13.2 Å². The van der Waals surface area contributed by atoms with Gasteiger partial charge in [0.05, 0.1) is 5.88 Å². The summed E-state index contributed by atoms with van der Waals surface area (Å²) in [4.78, 5) is 3.18. The molecule has 0 aliphatic heterocycles. The van der Waals surface area contributed by atoms with Gasteiger partial charge in [-0.15, -0.1) is 11.6 Å². The van der Waals surface area contributed by atoms with Crippen LogP contribution in [-0.2, 0) is 5.88 Å². The summed E-state index contributed by atoms with van der Waals surface area (Å²) in [5.74, 6) is -1.66. The van der Waals surface area contributed by atoms with Crippen molar-refractivity contribution in [2.45, 2.75) is 12.3 Å². The zero-order chi connectivity index (χ0) is 10.0. The molecule has 13 heavy (non-hydrogen) atoms. The van der Waals surface area contributed by atoms with E-state index in [1.54, 1.807) is 0 Å². The highest BCUT2D eigenvalue weighted by Gasteiger charge is 2.17. The zero-order valence-electron chi connectivity index (χ0n) is 6.40. The second-order valence-corrected chi connectivity index (χ2v) is 2.61. The highest BCUT2D eigenvalue weighted by molar-refractivity contribution is 6.17. The summed E-state index contributed by atoms with van der Waals surface area (Å²) < 4.78 is 37.4. The Morgan fingerprint density at radius 2 is 2.15 bits per heavy atom. The Morgan fingerprint density at radius 3 is 2.62 bits per heavy atom. The average Bonchev–Trinajstić information content (AvgIpc) is 2.02. The summed E-state index contributed by atoms with van der Waals surface area (Å²) in [6.45, 7) is 0. The van der Waals surface area contributed by atoms with Crippen LogP contribution >= 0.6 is 11.6 Å². The molecule has 1 heterocycles. The first-order valence-electron chi connectivity index (χ1n) is 3.35. The molecule has 1 aromatic rings. The highest BCUT2D eigenvalue weighted by atomic mass is 35.5. The summed E-state index contributed by atoms with van der Waals surface area (Å²) in [5, 5.41) is 0. The Hall–Kier alpha value is -0.970. The number of nitrogens with two attached hydrogens (primary N) is 1. The zero-order valence-corrected chi connectivity index (χ0v) is 7.15. The van der Waals surface area contributed by atoms with Gasteiger partial charge in [0, 0.05) is 11.1 Å². The van der Waals surface area contributed by atoms with Crippen LogP contribution in [-0.4, -0.2) is 4.98 Å². The minimum Gasteiger partial charge on any atom is -0.384 e. The summed E-state index contributed by atoms with van der Waals surface area (Å²) in [7, 11) is 0. The Labute approximate surface area is 77.5 Å². The van der Waals surface area contributed by atoms with Crippen LogP contribution in [0.25, 0.3) is 0 Å². The quantitative estimate of drug-likeness (QED) is 0.602. The van der Waals surface area contributed by atoms with Crippen molar-refractivity contribution >= 4 is 17.4 Å². The Balaban J connectivity index is 3.29. The van der Waals surface area contributed by atoms with E-state index in [-0.39, 0.29) is 17.3 Å². The van der Waals surface area contributed by atoms with Gasteiger partial charge in [0.25, 0.3) is 6.43 Å². The molecule has 0 atom stereocenters. The van der Waals surface area contributed by atoms with Crippen LogP contribution in [0.3, 0.4) is 0 Å². The first kappa shape index (κ1) is 10.1. The third-order valence-electron chi connectivity index (χ3n) is 1.50. The topological polar surface area (TPSA) is 38.9 Å². The molecule has 0 saturated heterocycles. The summed E-state index contributed by atoms with van der Waals surface area (Å²) >= 11 is 5.28. The number of hydrogen-bond acceptors (Lipinski definition) is 2. The lowest BCUT2D eigenvalue weighted by molar-refractivity contribution is 0.149. The van der Waals surface area contributed by atoms with Crippen molar-refractivity contribution in [1.29, 1.82) is 0 Å². The minimum absolute atomic E-state index is 0.276. The Morgan fingerprint density at radius 1 is 1.54 bits per heavy atom. The van der Waals surface area contributed by atoms with E-state index in [0.29, 0.717) is 0 Å². The Bertz CT molecular complexity index is 317. The molecule has 0 amide bonds. The van der Waals surface area contributed by atoms with Crippen LogP contribution in [0.5, 0.6) is 0 Å². The van der Waals surface area contributed by atoms with Gasteiger partial charge >= 0.3 is 0 Å². The van der Waals surface area contributed by atoms with E-state index in [1.165, 1.54) is 0 Å². The van der Waals surface area contributed by atoms with Gasteiger partial charge in [0.15, 0.2) is 0 Å². The van der Waals surface area contributed by atoms with Gasteiger partial charge in [-0.3, -0.25) is 0 Å². The number of hydrogen-bond donors (Lipinski definition) is 1. The van der Waals surface area contributed by atoms with Gasteiger partial charge in [-0.1, -0.05) is 0 Å². The van der Waals surface area contributed by atoms with E-state index in [0.717, 1.165) is 6.07 Å². The smallest absolute Gasteiger partial charge is 0.264 e. The van der Waals surface area contributed by atoms with E-state index in [4.69, 9.17) is 17.3 Å². The number of anilines is 1. The molecular formula is C7H6ClF3N2. The molecule has 2 N–H and O–H groups in total. The average molecular weight is 211 g/mol. The number of rotatable bonds is 2. The van der Waals surface area contributed by atoms with Gasteiger partial charge in [-0.2, -0.15) is 4.39 Å². The third kappa shape index (κ3) is 2.03. The molecule has 0 radical (unpaired) electrons. The molecule has 1 aromatic heterocycles. The molecule has 0 aromatic carbocycles. The molecule has 0 aliphatic carbocycles. The van der Waals surface area contributed by atoms with Crippen molar-refractivity contribution in [2.24, 2.45) is 0 Å². The lowest BCUT2D eigenvalue weighted by Gasteiger charge is -2.07. The van der Waals surface area contributed by atoms with Gasteiger partial charge in [0.1, 0.15) is 5.82 Å². The molecule has 0 bridgehead atoms. The van der Waals surface area contributed by atoms with Crippen molar-refractivity contribution in [3.8, 4) is 0 Å². The molecule has 0 saturated carbocycles. The second-order valence-electron chi connectivity index (χ2n) is 2.34. The molecule has 0 unspecified atom stereocenters. The minimum atomic E-state index is -2.80. The lowest BCUT2D eigenvalue weighted by Crippen LogP contribution is -2.03.